The molecule has 2 aromatic heterocycles. The average Bonchev–Trinajstić information content (AvgIpc) is 3.61. The van der Waals surface area contributed by atoms with E-state index >= 15 is 0 Å². The zero-order valence-electron chi connectivity index (χ0n) is 21.9. The van der Waals surface area contributed by atoms with E-state index in [1.54, 1.807) is 18.7 Å². The molecule has 0 fully saturated rings. The Morgan fingerprint density at radius 3 is 2.82 bits per heavy atom. The van der Waals surface area contributed by atoms with E-state index in [-0.39, 0.29) is 6.04 Å². The summed E-state index contributed by atoms with van der Waals surface area (Å²) >= 11 is 6.45. The molecule has 7 nitrogen and oxygen atoms in total. The minimum atomic E-state index is -0.541. The number of amides is 1. The van der Waals surface area contributed by atoms with Crippen LogP contribution in [0.2, 0.25) is 5.15 Å². The van der Waals surface area contributed by atoms with Gasteiger partial charge in [0.25, 0.3) is 5.91 Å². The molecule has 1 aliphatic rings. The number of hydroxylamine groups is 1. The zero-order valence-corrected chi connectivity index (χ0v) is 22.7. The van der Waals surface area contributed by atoms with E-state index < -0.39 is 5.91 Å². The summed E-state index contributed by atoms with van der Waals surface area (Å²) in [7, 11) is 1.68. The summed E-state index contributed by atoms with van der Waals surface area (Å²) in [6, 6.07) is 12.8. The van der Waals surface area contributed by atoms with E-state index in [4.69, 9.17) is 21.5 Å². The van der Waals surface area contributed by atoms with Crippen LogP contribution in [-0.2, 0) is 24.2 Å². The van der Waals surface area contributed by atoms with E-state index in [9.17, 15) is 4.79 Å². The second-order valence-corrected chi connectivity index (χ2v) is 10.3. The fourth-order valence-electron chi connectivity index (χ4n) is 5.49. The molecule has 1 atom stereocenters. The normalized spacial score (nSPS) is 15.1. The number of aryl methyl sites for hydroxylation is 1. The van der Waals surface area contributed by atoms with Crippen LogP contribution in [-0.4, -0.2) is 39.6 Å². The summed E-state index contributed by atoms with van der Waals surface area (Å²) in [4.78, 5) is 20.8. The number of methoxy groups -OCH3 is 1. The smallest absolute Gasteiger partial charge is 0.267 e. The molecule has 4 N–H and O–H groups in total. The van der Waals surface area contributed by atoms with Crippen molar-refractivity contribution < 1.29 is 14.7 Å². The second kappa shape index (κ2) is 11.1. The zero-order chi connectivity index (χ0) is 26.8. The quantitative estimate of drug-likeness (QED) is 0.120. The van der Waals surface area contributed by atoms with Crippen LogP contribution in [0.3, 0.4) is 0 Å². The molecule has 198 valence electrons. The number of hydrogen-bond donors (Lipinski definition) is 4. The topological polar surface area (TPSA) is 93.4 Å². The summed E-state index contributed by atoms with van der Waals surface area (Å²) in [5.41, 5.74) is 11.0. The predicted octanol–water partition coefficient (Wildman–Crippen LogP) is 6.03. The number of halogens is 1. The molecule has 0 spiro atoms. The maximum atomic E-state index is 11.4. The summed E-state index contributed by atoms with van der Waals surface area (Å²) in [6.07, 6.45) is 8.06. The van der Waals surface area contributed by atoms with Crippen molar-refractivity contribution in [2.24, 2.45) is 0 Å². The van der Waals surface area contributed by atoms with Crippen molar-refractivity contribution in [3.63, 3.8) is 0 Å². The van der Waals surface area contributed by atoms with Gasteiger partial charge in [-0.2, -0.15) is 0 Å². The highest BCUT2D eigenvalue weighted by Crippen LogP contribution is 2.38. The molecule has 0 radical (unpaired) electrons. The summed E-state index contributed by atoms with van der Waals surface area (Å²) in [6.45, 7) is 5.84. The van der Waals surface area contributed by atoms with Crippen LogP contribution in [0.4, 0.5) is 0 Å². The van der Waals surface area contributed by atoms with Gasteiger partial charge >= 0.3 is 0 Å². The van der Waals surface area contributed by atoms with Crippen molar-refractivity contribution in [1.82, 2.24) is 20.3 Å². The van der Waals surface area contributed by atoms with Crippen LogP contribution in [0.15, 0.2) is 48.7 Å². The fourth-order valence-corrected chi connectivity index (χ4v) is 5.74. The monoisotopic (exact) mass is 532 g/mol. The number of carbonyl (C=O) groups is 1. The Balaban J connectivity index is 1.42. The fraction of sp³-hybridized carbons (Fsp3) is 0.300. The summed E-state index contributed by atoms with van der Waals surface area (Å²) in [5, 5.41) is 10.7. The minimum absolute atomic E-state index is 0.274. The SMILES string of the molecule is COc1ccc2c(CCN(Cc3[nH]c(Cl)c(C)c3C)C3CCc4cc(/C=C/C(=O)NO)ccc43)c[nH]c2c1. The van der Waals surface area contributed by atoms with Crippen LogP contribution in [0.5, 0.6) is 5.75 Å². The number of nitrogens with zero attached hydrogens (tertiary/aromatic N) is 1. The van der Waals surface area contributed by atoms with Crippen molar-refractivity contribution in [3.8, 4) is 5.75 Å². The molecule has 1 amide bonds. The third-order valence-electron chi connectivity index (χ3n) is 7.80. The highest BCUT2D eigenvalue weighted by Gasteiger charge is 2.29. The van der Waals surface area contributed by atoms with Crippen molar-refractivity contribution in [2.75, 3.05) is 13.7 Å². The van der Waals surface area contributed by atoms with Crippen molar-refractivity contribution in [2.45, 2.75) is 45.7 Å². The Kier molecular flexibility index (Phi) is 7.61. The van der Waals surface area contributed by atoms with Gasteiger partial charge in [0, 0.05) is 54.1 Å². The van der Waals surface area contributed by atoms with E-state index in [1.165, 1.54) is 33.7 Å². The minimum Gasteiger partial charge on any atom is -0.497 e. The number of carbonyl (C=O) groups excluding carboxylic acids is 1. The summed E-state index contributed by atoms with van der Waals surface area (Å²) in [5.74, 6) is 0.302. The van der Waals surface area contributed by atoms with Crippen LogP contribution in [0.1, 0.15) is 51.5 Å². The van der Waals surface area contributed by atoms with Crippen LogP contribution in [0.25, 0.3) is 17.0 Å². The van der Waals surface area contributed by atoms with Gasteiger partial charge in [0.1, 0.15) is 10.9 Å². The standard InChI is InChI=1S/C30H33ClN4O3/c1-18-19(2)30(31)33-27(18)17-35(13-12-22-16-32-26-15-23(38-3)7-9-24(22)26)28-10-6-21-14-20(4-8-25(21)28)5-11-29(36)34-37/h4-5,7-9,11,14-16,28,32-33,37H,6,10,12-13,17H2,1-3H3,(H,34,36)/b11-5+. The van der Waals surface area contributed by atoms with Crippen LogP contribution in [0, 0.1) is 13.8 Å². The van der Waals surface area contributed by atoms with E-state index in [1.807, 2.05) is 18.2 Å². The first-order valence-electron chi connectivity index (χ1n) is 12.8. The molecule has 0 aliphatic heterocycles. The van der Waals surface area contributed by atoms with E-state index in [0.717, 1.165) is 60.4 Å². The van der Waals surface area contributed by atoms with Gasteiger partial charge in [0.15, 0.2) is 0 Å². The third kappa shape index (κ3) is 5.23. The molecule has 4 aromatic rings. The second-order valence-electron chi connectivity index (χ2n) is 9.94. The van der Waals surface area contributed by atoms with Gasteiger partial charge < -0.3 is 14.7 Å². The Morgan fingerprint density at radius 1 is 1.24 bits per heavy atom. The molecule has 2 aromatic carbocycles. The number of nitrogens with one attached hydrogen (secondary N) is 3. The molecule has 2 heterocycles. The lowest BCUT2D eigenvalue weighted by atomic mass is 10.0. The van der Waals surface area contributed by atoms with Gasteiger partial charge in [0.2, 0.25) is 0 Å². The van der Waals surface area contributed by atoms with Crippen molar-refractivity contribution in [3.05, 3.63) is 92.9 Å². The number of ether oxygens (including phenoxy) is 1. The van der Waals surface area contributed by atoms with E-state index in [0.29, 0.717) is 5.15 Å². The Hall–Kier alpha value is -3.52. The molecular formula is C30H33ClN4O3. The van der Waals surface area contributed by atoms with Gasteiger partial charge in [0.05, 0.1) is 7.11 Å². The highest BCUT2D eigenvalue weighted by molar-refractivity contribution is 6.30. The van der Waals surface area contributed by atoms with Crippen LogP contribution < -0.4 is 10.2 Å². The van der Waals surface area contributed by atoms with Gasteiger partial charge in [-0.05, 0) is 84.7 Å². The summed E-state index contributed by atoms with van der Waals surface area (Å²) < 4.78 is 5.38. The number of aromatic nitrogens is 2. The van der Waals surface area contributed by atoms with Gasteiger partial charge in [-0.1, -0.05) is 29.8 Å². The molecule has 38 heavy (non-hydrogen) atoms. The molecular weight excluding hydrogens is 500 g/mol. The Morgan fingerprint density at radius 2 is 2.08 bits per heavy atom. The van der Waals surface area contributed by atoms with Gasteiger partial charge in [-0.3, -0.25) is 14.9 Å². The highest BCUT2D eigenvalue weighted by atomic mass is 35.5. The molecule has 8 heteroatoms. The number of fused-ring (bicyclic) bond motifs is 2. The average molecular weight is 533 g/mol. The predicted molar refractivity (Wildman–Crippen MR) is 151 cm³/mol. The maximum absolute atomic E-state index is 11.4. The maximum Gasteiger partial charge on any atom is 0.267 e. The van der Waals surface area contributed by atoms with Crippen LogP contribution >= 0.6 is 11.6 Å². The van der Waals surface area contributed by atoms with Crippen molar-refractivity contribution >= 4 is 34.5 Å². The first-order valence-corrected chi connectivity index (χ1v) is 13.2. The lowest BCUT2D eigenvalue weighted by Crippen LogP contribution is -2.30. The molecule has 0 saturated heterocycles. The number of benzene rings is 2. The number of aromatic amines is 2. The number of hydrogen-bond acceptors (Lipinski definition) is 4. The molecule has 0 bridgehead atoms. The Bertz CT molecular complexity index is 1500. The first-order chi connectivity index (χ1) is 18.4. The largest absolute Gasteiger partial charge is 0.497 e. The molecule has 1 aliphatic carbocycles. The first kappa shape index (κ1) is 26.1. The number of rotatable bonds is 9. The molecule has 1 unspecified atom stereocenters. The Labute approximate surface area is 227 Å². The molecule has 5 rings (SSSR count). The number of H-pyrrole nitrogens is 2. The molecule has 0 saturated carbocycles. The van der Waals surface area contributed by atoms with E-state index in [2.05, 4.69) is 53.1 Å². The third-order valence-corrected chi connectivity index (χ3v) is 8.18. The van der Waals surface area contributed by atoms with Gasteiger partial charge in [-0.25, -0.2) is 5.48 Å². The lowest BCUT2D eigenvalue weighted by Gasteiger charge is -2.30. The lowest BCUT2D eigenvalue weighted by molar-refractivity contribution is -0.124. The van der Waals surface area contributed by atoms with Gasteiger partial charge in [-0.15, -0.1) is 0 Å². The van der Waals surface area contributed by atoms with Crippen molar-refractivity contribution in [1.29, 1.82) is 0 Å².